The quantitative estimate of drug-likeness (QED) is 0.730. The second-order valence-electron chi connectivity index (χ2n) is 4.03. The van der Waals surface area contributed by atoms with Gasteiger partial charge in [-0.2, -0.15) is 4.98 Å². The summed E-state index contributed by atoms with van der Waals surface area (Å²) in [5.74, 6) is 1.19. The number of nitrogens with two attached hydrogens (primary N) is 1. The lowest BCUT2D eigenvalue weighted by molar-refractivity contribution is 0.411. The summed E-state index contributed by atoms with van der Waals surface area (Å²) in [6.45, 7) is 0. The van der Waals surface area contributed by atoms with Gasteiger partial charge in [0.15, 0.2) is 0 Å². The van der Waals surface area contributed by atoms with E-state index in [4.69, 9.17) is 10.3 Å². The van der Waals surface area contributed by atoms with E-state index in [1.807, 2.05) is 30.3 Å². The van der Waals surface area contributed by atoms with Gasteiger partial charge in [0.2, 0.25) is 11.6 Å². The molecular formula is C14H11N5O. The Morgan fingerprint density at radius 3 is 2.45 bits per heavy atom. The highest BCUT2D eigenvalue weighted by Crippen LogP contribution is 2.12. The lowest BCUT2D eigenvalue weighted by Gasteiger charge is -1.93. The molecule has 0 saturated carbocycles. The van der Waals surface area contributed by atoms with Gasteiger partial charge in [-0.1, -0.05) is 17.3 Å². The molecule has 2 aromatic heterocycles. The van der Waals surface area contributed by atoms with Crippen molar-refractivity contribution >= 4 is 17.8 Å². The summed E-state index contributed by atoms with van der Waals surface area (Å²) in [5.41, 5.74) is 7.34. The van der Waals surface area contributed by atoms with E-state index in [-0.39, 0.29) is 0 Å². The van der Waals surface area contributed by atoms with Gasteiger partial charge in [0.05, 0.1) is 0 Å². The van der Waals surface area contributed by atoms with Crippen molar-refractivity contribution in [2.24, 2.45) is 0 Å². The van der Waals surface area contributed by atoms with Gasteiger partial charge in [-0.3, -0.25) is 0 Å². The van der Waals surface area contributed by atoms with E-state index in [0.29, 0.717) is 17.5 Å². The molecule has 0 aliphatic rings. The molecular weight excluding hydrogens is 254 g/mol. The van der Waals surface area contributed by atoms with Crippen LogP contribution in [0.4, 0.5) is 5.69 Å². The van der Waals surface area contributed by atoms with Gasteiger partial charge in [-0.25, -0.2) is 9.97 Å². The molecule has 0 fully saturated rings. The molecule has 3 rings (SSSR count). The summed E-state index contributed by atoms with van der Waals surface area (Å²) in [6, 6.07) is 9.20. The molecule has 0 aliphatic carbocycles. The molecule has 98 valence electrons. The molecule has 20 heavy (non-hydrogen) atoms. The summed E-state index contributed by atoms with van der Waals surface area (Å²) in [7, 11) is 0. The molecule has 6 heteroatoms. The zero-order chi connectivity index (χ0) is 13.8. The zero-order valence-electron chi connectivity index (χ0n) is 10.5. The van der Waals surface area contributed by atoms with Crippen LogP contribution in [0.1, 0.15) is 11.5 Å². The minimum absolute atomic E-state index is 0.363. The molecule has 6 nitrogen and oxygen atoms in total. The Bertz CT molecular complexity index is 719. The largest absolute Gasteiger partial charge is 0.399 e. The molecule has 0 amide bonds. The van der Waals surface area contributed by atoms with Crippen LogP contribution in [-0.4, -0.2) is 20.1 Å². The molecule has 0 saturated heterocycles. The van der Waals surface area contributed by atoms with Crippen molar-refractivity contribution in [2.75, 3.05) is 5.73 Å². The third-order valence-electron chi connectivity index (χ3n) is 2.56. The smallest absolute Gasteiger partial charge is 0.251 e. The molecule has 0 atom stereocenters. The van der Waals surface area contributed by atoms with E-state index in [9.17, 15) is 0 Å². The summed E-state index contributed by atoms with van der Waals surface area (Å²) in [5, 5.41) is 3.83. The van der Waals surface area contributed by atoms with Crippen LogP contribution < -0.4 is 5.73 Å². The second-order valence-corrected chi connectivity index (χ2v) is 4.03. The van der Waals surface area contributed by atoms with Gasteiger partial charge in [0.25, 0.3) is 5.89 Å². The van der Waals surface area contributed by atoms with Crippen molar-refractivity contribution in [3.63, 3.8) is 0 Å². The van der Waals surface area contributed by atoms with Gasteiger partial charge >= 0.3 is 0 Å². The number of nitrogens with zero attached hydrogens (tertiary/aromatic N) is 4. The first-order valence-corrected chi connectivity index (χ1v) is 5.96. The number of hydrogen-bond donors (Lipinski definition) is 1. The van der Waals surface area contributed by atoms with E-state index in [1.165, 1.54) is 0 Å². The number of benzene rings is 1. The first kappa shape index (κ1) is 12.0. The third kappa shape index (κ3) is 2.69. The van der Waals surface area contributed by atoms with Gasteiger partial charge in [0, 0.05) is 24.2 Å². The molecule has 0 aliphatic heterocycles. The van der Waals surface area contributed by atoms with E-state index < -0.39 is 0 Å². The molecule has 3 aromatic rings. The number of anilines is 1. The van der Waals surface area contributed by atoms with Crippen LogP contribution in [0.2, 0.25) is 0 Å². The summed E-state index contributed by atoms with van der Waals surface area (Å²) >= 11 is 0. The number of rotatable bonds is 3. The van der Waals surface area contributed by atoms with Gasteiger partial charge in [-0.15, -0.1) is 0 Å². The average molecular weight is 265 g/mol. The maximum Gasteiger partial charge on any atom is 0.251 e. The minimum atomic E-state index is 0.363. The first-order valence-electron chi connectivity index (χ1n) is 5.96. The highest BCUT2D eigenvalue weighted by atomic mass is 16.5. The Balaban J connectivity index is 1.79. The van der Waals surface area contributed by atoms with Crippen LogP contribution in [-0.2, 0) is 0 Å². The SMILES string of the molecule is Nc1ccc(/C=C/c2nc(-c3ncccn3)no2)cc1. The predicted molar refractivity (Wildman–Crippen MR) is 75.1 cm³/mol. The highest BCUT2D eigenvalue weighted by Gasteiger charge is 2.08. The number of nitrogen functional groups attached to an aromatic ring is 1. The van der Waals surface area contributed by atoms with Crippen molar-refractivity contribution in [3.05, 3.63) is 54.2 Å². The van der Waals surface area contributed by atoms with Crippen LogP contribution in [0.5, 0.6) is 0 Å². The molecule has 2 heterocycles. The van der Waals surface area contributed by atoms with E-state index in [0.717, 1.165) is 11.3 Å². The average Bonchev–Trinajstić information content (AvgIpc) is 2.97. The summed E-state index contributed by atoms with van der Waals surface area (Å²) in [4.78, 5) is 12.3. The van der Waals surface area contributed by atoms with E-state index in [1.54, 1.807) is 24.5 Å². The molecule has 2 N–H and O–H groups in total. The topological polar surface area (TPSA) is 90.7 Å². The monoisotopic (exact) mass is 265 g/mol. The maximum atomic E-state index is 5.62. The van der Waals surface area contributed by atoms with Crippen molar-refractivity contribution in [3.8, 4) is 11.6 Å². The lowest BCUT2D eigenvalue weighted by Crippen LogP contribution is -1.88. The fraction of sp³-hybridized carbons (Fsp3) is 0. The standard InChI is InChI=1S/C14H11N5O/c15-11-5-2-10(3-6-11)4-7-12-18-14(19-20-12)13-16-8-1-9-17-13/h1-9H,15H2/b7-4+. The Labute approximate surface area is 115 Å². The van der Waals surface area contributed by atoms with Crippen molar-refractivity contribution in [1.82, 2.24) is 20.1 Å². The Hall–Kier alpha value is -3.02. The number of aromatic nitrogens is 4. The molecule has 0 spiro atoms. The van der Waals surface area contributed by atoms with Gasteiger partial charge in [-0.05, 0) is 29.8 Å². The fourth-order valence-corrected chi connectivity index (χ4v) is 1.58. The predicted octanol–water partition coefficient (Wildman–Crippen LogP) is 2.28. The Kier molecular flexibility index (Phi) is 3.20. The van der Waals surface area contributed by atoms with Crippen molar-refractivity contribution < 1.29 is 4.52 Å². The maximum absolute atomic E-state index is 5.62. The summed E-state index contributed by atoms with van der Waals surface area (Å²) in [6.07, 6.45) is 6.85. The summed E-state index contributed by atoms with van der Waals surface area (Å²) < 4.78 is 5.11. The lowest BCUT2D eigenvalue weighted by atomic mass is 10.2. The van der Waals surface area contributed by atoms with E-state index >= 15 is 0 Å². The first-order chi connectivity index (χ1) is 9.81. The molecule has 0 unspecified atom stereocenters. The van der Waals surface area contributed by atoms with Crippen molar-refractivity contribution in [1.29, 1.82) is 0 Å². The Morgan fingerprint density at radius 1 is 0.950 bits per heavy atom. The van der Waals surface area contributed by atoms with Crippen LogP contribution in [0.15, 0.2) is 47.2 Å². The third-order valence-corrected chi connectivity index (χ3v) is 2.56. The van der Waals surface area contributed by atoms with Crippen LogP contribution in [0, 0.1) is 0 Å². The van der Waals surface area contributed by atoms with Gasteiger partial charge < -0.3 is 10.3 Å². The Morgan fingerprint density at radius 2 is 1.70 bits per heavy atom. The van der Waals surface area contributed by atoms with Crippen LogP contribution in [0.3, 0.4) is 0 Å². The van der Waals surface area contributed by atoms with Crippen LogP contribution >= 0.6 is 0 Å². The molecule has 0 bridgehead atoms. The highest BCUT2D eigenvalue weighted by molar-refractivity contribution is 5.67. The fourth-order valence-electron chi connectivity index (χ4n) is 1.58. The normalized spacial score (nSPS) is 11.0. The van der Waals surface area contributed by atoms with E-state index in [2.05, 4.69) is 20.1 Å². The van der Waals surface area contributed by atoms with Gasteiger partial charge in [0.1, 0.15) is 0 Å². The second kappa shape index (κ2) is 5.31. The molecule has 0 radical (unpaired) electrons. The zero-order valence-corrected chi connectivity index (χ0v) is 10.5. The minimum Gasteiger partial charge on any atom is -0.399 e. The molecule has 1 aromatic carbocycles. The number of hydrogen-bond acceptors (Lipinski definition) is 6. The van der Waals surface area contributed by atoms with Crippen LogP contribution in [0.25, 0.3) is 23.8 Å². The van der Waals surface area contributed by atoms with Crippen molar-refractivity contribution in [2.45, 2.75) is 0 Å².